The van der Waals surface area contributed by atoms with Gasteiger partial charge >= 0.3 is 0 Å². The molecule has 2 aromatic carbocycles. The minimum absolute atomic E-state index is 0.0243. The fourth-order valence-electron chi connectivity index (χ4n) is 2.69. The van der Waals surface area contributed by atoms with E-state index in [9.17, 15) is 4.79 Å². The number of fused-ring (bicyclic) bond motifs is 1. The van der Waals surface area contributed by atoms with E-state index in [2.05, 4.69) is 22.0 Å². The maximum Gasteiger partial charge on any atom is 0.231 e. The van der Waals surface area contributed by atoms with Crippen LogP contribution in [-0.4, -0.2) is 13.0 Å². The van der Waals surface area contributed by atoms with Crippen LogP contribution in [0.25, 0.3) is 0 Å². The van der Waals surface area contributed by atoms with Gasteiger partial charge in [0.15, 0.2) is 0 Å². The Morgan fingerprint density at radius 2 is 2.05 bits per heavy atom. The highest BCUT2D eigenvalue weighted by Gasteiger charge is 2.25. The molecule has 0 radical (unpaired) electrons. The van der Waals surface area contributed by atoms with Crippen molar-refractivity contribution in [2.24, 2.45) is 0 Å². The first-order valence-electron chi connectivity index (χ1n) is 6.77. The second-order valence-electron chi connectivity index (χ2n) is 5.36. The number of alkyl halides is 1. The maximum absolute atomic E-state index is 11.8. The highest BCUT2D eigenvalue weighted by molar-refractivity contribution is 9.09. The first-order chi connectivity index (χ1) is 9.99. The third kappa shape index (κ3) is 2.49. The first kappa shape index (κ1) is 14.6. The van der Waals surface area contributed by atoms with E-state index in [1.807, 2.05) is 44.3 Å². The number of aryl methyl sites for hydroxylation is 1. The molecule has 1 unspecified atom stereocenters. The van der Waals surface area contributed by atoms with Crippen molar-refractivity contribution in [3.8, 4) is 0 Å². The molecule has 0 bridgehead atoms. The summed E-state index contributed by atoms with van der Waals surface area (Å²) in [6.07, 6.45) is 0.473. The van der Waals surface area contributed by atoms with Gasteiger partial charge < -0.3 is 4.90 Å². The summed E-state index contributed by atoms with van der Waals surface area (Å²) in [4.78, 5) is 13.5. The molecular weight excluding hydrogens is 350 g/mol. The first-order valence-corrected chi connectivity index (χ1v) is 8.07. The summed E-state index contributed by atoms with van der Waals surface area (Å²) in [5.41, 5.74) is 5.31. The molecule has 2 aromatic rings. The lowest BCUT2D eigenvalue weighted by atomic mass is 10.00. The molecule has 1 aliphatic heterocycles. The van der Waals surface area contributed by atoms with E-state index in [1.165, 1.54) is 0 Å². The van der Waals surface area contributed by atoms with E-state index < -0.39 is 0 Å². The number of anilines is 1. The molecule has 1 heterocycles. The van der Waals surface area contributed by atoms with Gasteiger partial charge in [0.1, 0.15) is 0 Å². The molecule has 0 saturated heterocycles. The number of nitrogens with zero attached hydrogens (tertiary/aromatic N) is 1. The second kappa shape index (κ2) is 5.47. The van der Waals surface area contributed by atoms with Gasteiger partial charge in [-0.15, -0.1) is 0 Å². The normalized spacial score (nSPS) is 15.2. The number of likely N-dealkylation sites (N-methyl/N-ethyl adjacent to an activating group) is 1. The smallest absolute Gasteiger partial charge is 0.231 e. The van der Waals surface area contributed by atoms with Gasteiger partial charge in [0.2, 0.25) is 5.91 Å². The number of carbonyl (C=O) groups is 1. The highest BCUT2D eigenvalue weighted by atomic mass is 79.9. The minimum Gasteiger partial charge on any atom is -0.315 e. The van der Waals surface area contributed by atoms with Crippen LogP contribution in [0.4, 0.5) is 5.69 Å². The van der Waals surface area contributed by atoms with E-state index >= 15 is 0 Å². The lowest BCUT2D eigenvalue weighted by molar-refractivity contribution is -0.117. The average molecular weight is 365 g/mol. The van der Waals surface area contributed by atoms with Gasteiger partial charge in [-0.2, -0.15) is 0 Å². The van der Waals surface area contributed by atoms with Crippen molar-refractivity contribution in [3.63, 3.8) is 0 Å². The second-order valence-corrected chi connectivity index (χ2v) is 6.65. The molecule has 0 aromatic heterocycles. The summed E-state index contributed by atoms with van der Waals surface area (Å²) in [6.45, 7) is 2.00. The van der Waals surface area contributed by atoms with Crippen molar-refractivity contribution in [3.05, 3.63) is 63.7 Å². The quantitative estimate of drug-likeness (QED) is 0.710. The van der Waals surface area contributed by atoms with Gasteiger partial charge in [0.25, 0.3) is 0 Å². The number of rotatable bonds is 2. The van der Waals surface area contributed by atoms with Crippen LogP contribution in [-0.2, 0) is 11.2 Å². The summed E-state index contributed by atoms with van der Waals surface area (Å²) in [5.74, 6) is 0.141. The van der Waals surface area contributed by atoms with Crippen LogP contribution in [0.2, 0.25) is 5.02 Å². The van der Waals surface area contributed by atoms with Crippen LogP contribution in [0.15, 0.2) is 36.4 Å². The zero-order valence-electron chi connectivity index (χ0n) is 11.9. The molecule has 108 valence electrons. The number of hydrogen-bond acceptors (Lipinski definition) is 1. The van der Waals surface area contributed by atoms with E-state index in [-0.39, 0.29) is 10.7 Å². The fourth-order valence-corrected chi connectivity index (χ4v) is 3.73. The predicted molar refractivity (Wildman–Crippen MR) is 90.5 cm³/mol. The number of halogens is 2. The van der Waals surface area contributed by atoms with Crippen LogP contribution in [0, 0.1) is 6.92 Å². The monoisotopic (exact) mass is 363 g/mol. The highest BCUT2D eigenvalue weighted by Crippen LogP contribution is 2.39. The summed E-state index contributed by atoms with van der Waals surface area (Å²) in [5, 5.41) is 0.785. The van der Waals surface area contributed by atoms with Crippen molar-refractivity contribution >= 4 is 39.1 Å². The third-order valence-electron chi connectivity index (χ3n) is 3.97. The van der Waals surface area contributed by atoms with Gasteiger partial charge in [-0.1, -0.05) is 57.9 Å². The fraction of sp³-hybridized carbons (Fsp3) is 0.235. The Balaban J connectivity index is 2.00. The van der Waals surface area contributed by atoms with Crippen molar-refractivity contribution in [1.29, 1.82) is 0 Å². The van der Waals surface area contributed by atoms with Gasteiger partial charge in [-0.3, -0.25) is 4.79 Å². The van der Waals surface area contributed by atoms with E-state index in [0.717, 1.165) is 33.0 Å². The van der Waals surface area contributed by atoms with Crippen molar-refractivity contribution in [2.45, 2.75) is 18.2 Å². The number of benzene rings is 2. The minimum atomic E-state index is 0.0243. The SMILES string of the molecule is Cc1cccc(C(Br)c2ccc3c(c2)CC(=O)N3C)c1Cl. The van der Waals surface area contributed by atoms with Crippen LogP contribution < -0.4 is 4.90 Å². The Kier molecular flexibility index (Phi) is 3.80. The molecule has 0 fully saturated rings. The Hall–Kier alpha value is -1.32. The van der Waals surface area contributed by atoms with Crippen LogP contribution in [0.1, 0.15) is 27.1 Å². The maximum atomic E-state index is 11.8. The Morgan fingerprint density at radius 1 is 1.29 bits per heavy atom. The van der Waals surface area contributed by atoms with Crippen molar-refractivity contribution in [2.75, 3.05) is 11.9 Å². The van der Waals surface area contributed by atoms with Crippen LogP contribution in [0.5, 0.6) is 0 Å². The predicted octanol–water partition coefficient (Wildman–Crippen LogP) is 4.65. The Bertz CT molecular complexity index is 729. The molecule has 1 atom stereocenters. The molecule has 2 nitrogen and oxygen atoms in total. The van der Waals surface area contributed by atoms with Gasteiger partial charge in [-0.05, 0) is 35.2 Å². The zero-order chi connectivity index (χ0) is 15.1. The van der Waals surface area contributed by atoms with Gasteiger partial charge in [-0.25, -0.2) is 0 Å². The molecule has 3 rings (SSSR count). The van der Waals surface area contributed by atoms with E-state index in [0.29, 0.717) is 6.42 Å². The number of carbonyl (C=O) groups excluding carboxylic acids is 1. The summed E-state index contributed by atoms with van der Waals surface area (Å²) >= 11 is 10.1. The molecule has 0 N–H and O–H groups in total. The molecule has 1 aliphatic rings. The summed E-state index contributed by atoms with van der Waals surface area (Å²) < 4.78 is 0. The molecule has 4 heteroatoms. The van der Waals surface area contributed by atoms with E-state index in [1.54, 1.807) is 4.90 Å². The molecule has 0 aliphatic carbocycles. The molecule has 0 saturated carbocycles. The largest absolute Gasteiger partial charge is 0.315 e. The molecule has 21 heavy (non-hydrogen) atoms. The third-order valence-corrected chi connectivity index (χ3v) is 5.51. The average Bonchev–Trinajstić information content (AvgIpc) is 2.76. The van der Waals surface area contributed by atoms with Crippen LogP contribution >= 0.6 is 27.5 Å². The standard InChI is InChI=1S/C17H15BrClNO/c1-10-4-3-5-13(17(10)19)16(18)11-6-7-14-12(8-11)9-15(21)20(14)2/h3-8,16H,9H2,1-2H3. The number of hydrogen-bond donors (Lipinski definition) is 0. The Labute approximate surface area is 137 Å². The van der Waals surface area contributed by atoms with Crippen molar-refractivity contribution in [1.82, 2.24) is 0 Å². The lowest BCUT2D eigenvalue weighted by Gasteiger charge is -2.16. The summed E-state index contributed by atoms with van der Waals surface area (Å²) in [7, 11) is 1.82. The topological polar surface area (TPSA) is 20.3 Å². The molecular formula is C17H15BrClNO. The number of amides is 1. The summed E-state index contributed by atoms with van der Waals surface area (Å²) in [6, 6.07) is 12.2. The Morgan fingerprint density at radius 3 is 2.81 bits per heavy atom. The van der Waals surface area contributed by atoms with E-state index in [4.69, 9.17) is 11.6 Å². The molecule has 1 amide bonds. The zero-order valence-corrected chi connectivity index (χ0v) is 14.2. The van der Waals surface area contributed by atoms with Gasteiger partial charge in [0, 0.05) is 17.8 Å². The van der Waals surface area contributed by atoms with Crippen LogP contribution in [0.3, 0.4) is 0 Å². The van der Waals surface area contributed by atoms with Crippen molar-refractivity contribution < 1.29 is 4.79 Å². The van der Waals surface area contributed by atoms with Gasteiger partial charge in [0.05, 0.1) is 11.2 Å². The lowest BCUT2D eigenvalue weighted by Crippen LogP contribution is -2.20. The molecule has 0 spiro atoms.